The van der Waals surface area contributed by atoms with Crippen LogP contribution in [0.3, 0.4) is 0 Å². The van der Waals surface area contributed by atoms with Crippen molar-refractivity contribution in [1.29, 1.82) is 0 Å². The van der Waals surface area contributed by atoms with Crippen LogP contribution in [0.1, 0.15) is 20.3 Å². The number of carbonyl (C=O) groups is 2. The van der Waals surface area contributed by atoms with E-state index in [9.17, 15) is 14.7 Å². The lowest BCUT2D eigenvalue weighted by molar-refractivity contribution is -0.160. The van der Waals surface area contributed by atoms with Gasteiger partial charge in [0.05, 0.1) is 19.8 Å². The highest BCUT2D eigenvalue weighted by molar-refractivity contribution is 5.77. The summed E-state index contributed by atoms with van der Waals surface area (Å²) >= 11 is 0. The Labute approximate surface area is 112 Å². The van der Waals surface area contributed by atoms with Crippen molar-refractivity contribution in [3.8, 4) is 0 Å². The molecule has 0 saturated carbocycles. The van der Waals surface area contributed by atoms with E-state index >= 15 is 0 Å². The first-order valence-corrected chi connectivity index (χ1v) is 6.06. The Bertz CT molecular complexity index is 279. The largest absolute Gasteiger partial charge is 0.508 e. The molecule has 0 fully saturated rings. The summed E-state index contributed by atoms with van der Waals surface area (Å²) in [5, 5.41) is 9.23. The lowest BCUT2D eigenvalue weighted by Gasteiger charge is -2.24. The van der Waals surface area contributed by atoms with Gasteiger partial charge < -0.3 is 24.1 Å². The van der Waals surface area contributed by atoms with Crippen LogP contribution in [-0.4, -0.2) is 57.4 Å². The van der Waals surface area contributed by atoms with Gasteiger partial charge in [0.25, 0.3) is 0 Å². The van der Waals surface area contributed by atoms with E-state index in [2.05, 4.69) is 4.74 Å². The van der Waals surface area contributed by atoms with Gasteiger partial charge in [0.2, 0.25) is 0 Å². The summed E-state index contributed by atoms with van der Waals surface area (Å²) in [6.45, 7) is 3.09. The van der Waals surface area contributed by atoms with Crippen LogP contribution in [0.25, 0.3) is 0 Å². The molecule has 1 unspecified atom stereocenters. The highest BCUT2D eigenvalue weighted by Gasteiger charge is 2.36. The van der Waals surface area contributed by atoms with Gasteiger partial charge in [-0.3, -0.25) is 4.79 Å². The smallest absolute Gasteiger partial charge is 0.465 e. The molecule has 0 spiro atoms. The predicted octanol–water partition coefficient (Wildman–Crippen LogP) is 0.738. The fraction of sp³-hybridized carbons (Fsp3) is 0.833. The second-order valence-corrected chi connectivity index (χ2v) is 4.23. The Morgan fingerprint density at radius 2 is 1.79 bits per heavy atom. The van der Waals surface area contributed by atoms with Crippen LogP contribution in [0.5, 0.6) is 0 Å². The highest BCUT2D eigenvalue weighted by Crippen LogP contribution is 2.18. The lowest BCUT2D eigenvalue weighted by atomic mass is 9.93. The third-order valence-electron chi connectivity index (χ3n) is 2.30. The zero-order chi connectivity index (χ0) is 14.7. The molecule has 0 aliphatic heterocycles. The predicted molar refractivity (Wildman–Crippen MR) is 65.6 cm³/mol. The van der Waals surface area contributed by atoms with E-state index in [0.717, 1.165) is 0 Å². The summed E-state index contributed by atoms with van der Waals surface area (Å²) in [4.78, 5) is 22.9. The SMILES string of the molecule is CCCOC(=O)C(C)(CO)COC(=O)OCCOC. The van der Waals surface area contributed by atoms with Crippen LogP contribution < -0.4 is 0 Å². The van der Waals surface area contributed by atoms with Gasteiger partial charge in [-0.15, -0.1) is 0 Å². The number of hydrogen-bond donors (Lipinski definition) is 1. The molecule has 0 radical (unpaired) electrons. The number of aliphatic hydroxyl groups excluding tert-OH is 1. The summed E-state index contributed by atoms with van der Waals surface area (Å²) in [5.74, 6) is -0.610. The van der Waals surface area contributed by atoms with Crippen LogP contribution in [-0.2, 0) is 23.7 Å². The molecule has 0 saturated heterocycles. The fourth-order valence-electron chi connectivity index (χ4n) is 1.01. The minimum absolute atomic E-state index is 0.0610. The van der Waals surface area contributed by atoms with Crippen LogP contribution in [0.2, 0.25) is 0 Å². The Morgan fingerprint density at radius 1 is 1.11 bits per heavy atom. The minimum atomic E-state index is -1.28. The fourth-order valence-corrected chi connectivity index (χ4v) is 1.01. The quantitative estimate of drug-likeness (QED) is 0.491. The minimum Gasteiger partial charge on any atom is -0.465 e. The molecule has 19 heavy (non-hydrogen) atoms. The van der Waals surface area contributed by atoms with Gasteiger partial charge in [-0.05, 0) is 13.3 Å². The molecule has 0 amide bonds. The first-order valence-electron chi connectivity index (χ1n) is 6.06. The number of rotatable bonds is 9. The second-order valence-electron chi connectivity index (χ2n) is 4.23. The maximum Gasteiger partial charge on any atom is 0.508 e. The summed E-state index contributed by atoms with van der Waals surface area (Å²) in [7, 11) is 1.47. The van der Waals surface area contributed by atoms with Crippen molar-refractivity contribution in [2.75, 3.05) is 40.1 Å². The van der Waals surface area contributed by atoms with Crippen molar-refractivity contribution in [3.05, 3.63) is 0 Å². The van der Waals surface area contributed by atoms with Gasteiger partial charge in [-0.2, -0.15) is 0 Å². The van der Waals surface area contributed by atoms with Gasteiger partial charge in [-0.25, -0.2) is 4.79 Å². The van der Waals surface area contributed by atoms with Crippen molar-refractivity contribution < 1.29 is 33.6 Å². The molecule has 0 bridgehead atoms. The Hall–Kier alpha value is -1.34. The average molecular weight is 278 g/mol. The maximum absolute atomic E-state index is 11.7. The molecule has 7 heteroatoms. The van der Waals surface area contributed by atoms with Gasteiger partial charge in [0, 0.05) is 7.11 Å². The van der Waals surface area contributed by atoms with Crippen molar-refractivity contribution in [2.45, 2.75) is 20.3 Å². The molecule has 0 aromatic rings. The van der Waals surface area contributed by atoms with Gasteiger partial charge in [-0.1, -0.05) is 6.92 Å². The molecule has 1 atom stereocenters. The summed E-state index contributed by atoms with van der Waals surface area (Å²) in [6, 6.07) is 0. The van der Waals surface area contributed by atoms with Crippen LogP contribution in [0.4, 0.5) is 4.79 Å². The van der Waals surface area contributed by atoms with Crippen molar-refractivity contribution >= 4 is 12.1 Å². The van der Waals surface area contributed by atoms with Crippen LogP contribution in [0, 0.1) is 5.41 Å². The van der Waals surface area contributed by atoms with Crippen molar-refractivity contribution in [2.24, 2.45) is 5.41 Å². The molecule has 0 aromatic carbocycles. The zero-order valence-electron chi connectivity index (χ0n) is 11.6. The summed E-state index contributed by atoms with van der Waals surface area (Å²) in [6.07, 6.45) is -0.243. The van der Waals surface area contributed by atoms with E-state index in [1.807, 2.05) is 6.92 Å². The second kappa shape index (κ2) is 9.57. The van der Waals surface area contributed by atoms with Gasteiger partial charge >= 0.3 is 12.1 Å². The first kappa shape index (κ1) is 17.7. The number of esters is 1. The number of hydrogen-bond acceptors (Lipinski definition) is 7. The summed E-state index contributed by atoms with van der Waals surface area (Å²) in [5.41, 5.74) is -1.28. The third-order valence-corrected chi connectivity index (χ3v) is 2.30. The average Bonchev–Trinajstić information content (AvgIpc) is 2.42. The molecule has 0 aliphatic rings. The first-order chi connectivity index (χ1) is 9.00. The van der Waals surface area contributed by atoms with Gasteiger partial charge in [0.15, 0.2) is 0 Å². The molecule has 0 rings (SSSR count). The molecule has 7 nitrogen and oxygen atoms in total. The molecule has 112 valence electrons. The molecular weight excluding hydrogens is 256 g/mol. The number of ether oxygens (including phenoxy) is 4. The van der Waals surface area contributed by atoms with Crippen LogP contribution in [0.15, 0.2) is 0 Å². The standard InChI is InChI=1S/C12H22O7/c1-4-5-17-10(14)12(2,8-13)9-19-11(15)18-7-6-16-3/h13H,4-9H2,1-3H3. The highest BCUT2D eigenvalue weighted by atomic mass is 16.7. The third kappa shape index (κ3) is 6.97. The topological polar surface area (TPSA) is 91.3 Å². The molecule has 0 aromatic heterocycles. The van der Waals surface area contributed by atoms with E-state index in [1.54, 1.807) is 0 Å². The van der Waals surface area contributed by atoms with Crippen molar-refractivity contribution in [3.63, 3.8) is 0 Å². The normalized spacial score (nSPS) is 13.5. The Balaban J connectivity index is 4.15. The Morgan fingerprint density at radius 3 is 2.32 bits per heavy atom. The van der Waals surface area contributed by atoms with E-state index in [1.165, 1.54) is 14.0 Å². The van der Waals surface area contributed by atoms with E-state index in [4.69, 9.17) is 14.2 Å². The molecular formula is C12H22O7. The Kier molecular flexibility index (Phi) is 8.90. The van der Waals surface area contributed by atoms with Gasteiger partial charge in [0.1, 0.15) is 18.6 Å². The van der Waals surface area contributed by atoms with E-state index in [0.29, 0.717) is 6.42 Å². The van der Waals surface area contributed by atoms with E-state index < -0.39 is 24.1 Å². The maximum atomic E-state index is 11.7. The number of aliphatic hydroxyl groups is 1. The van der Waals surface area contributed by atoms with Crippen molar-refractivity contribution in [1.82, 2.24) is 0 Å². The number of carbonyl (C=O) groups excluding carboxylic acids is 2. The molecule has 0 aliphatic carbocycles. The molecule has 1 N–H and O–H groups in total. The number of methoxy groups -OCH3 is 1. The molecule has 0 heterocycles. The van der Waals surface area contributed by atoms with Crippen LogP contribution >= 0.6 is 0 Å². The summed E-state index contributed by atoms with van der Waals surface area (Å²) < 4.78 is 19.1. The zero-order valence-corrected chi connectivity index (χ0v) is 11.6. The monoisotopic (exact) mass is 278 g/mol. The lowest BCUT2D eigenvalue weighted by Crippen LogP contribution is -2.39. The van der Waals surface area contributed by atoms with E-state index in [-0.39, 0.29) is 26.4 Å².